The number of hydrogen-bond donors (Lipinski definition) is 0. The summed E-state index contributed by atoms with van der Waals surface area (Å²) in [6.07, 6.45) is 0. The van der Waals surface area contributed by atoms with E-state index in [1.165, 1.54) is 81.0 Å². The van der Waals surface area contributed by atoms with Crippen LogP contribution in [0, 0.1) is 6.92 Å². The predicted octanol–water partition coefficient (Wildman–Crippen LogP) is 15.7. The molecule has 0 fully saturated rings. The fraction of sp³-hybridized carbons (Fsp3) is 0.0189. The fourth-order valence-electron chi connectivity index (χ4n) is 8.30. The molecule has 10 aromatic rings. The van der Waals surface area contributed by atoms with Crippen molar-refractivity contribution in [2.75, 3.05) is 4.90 Å². The van der Waals surface area contributed by atoms with Gasteiger partial charge in [0, 0.05) is 36.9 Å². The van der Waals surface area contributed by atoms with Crippen LogP contribution >= 0.6 is 11.3 Å². The van der Waals surface area contributed by atoms with Crippen LogP contribution in [-0.4, -0.2) is 0 Å². The van der Waals surface area contributed by atoms with Gasteiger partial charge in [0.25, 0.3) is 0 Å². The molecule has 1 aromatic heterocycles. The molecule has 55 heavy (non-hydrogen) atoms. The number of thiophene rings is 1. The molecule has 0 aliphatic carbocycles. The molecule has 0 saturated carbocycles. The molecule has 0 radical (unpaired) electrons. The molecule has 1 nitrogen and oxygen atoms in total. The molecule has 0 aliphatic heterocycles. The van der Waals surface area contributed by atoms with Gasteiger partial charge >= 0.3 is 0 Å². The first-order chi connectivity index (χ1) is 27.2. The molecule has 0 spiro atoms. The second kappa shape index (κ2) is 13.9. The summed E-state index contributed by atoms with van der Waals surface area (Å²) in [6, 6.07) is 75.4. The number of aryl methyl sites for hydroxylation is 1. The van der Waals surface area contributed by atoms with Gasteiger partial charge in [-0.1, -0.05) is 175 Å². The van der Waals surface area contributed by atoms with E-state index in [1.54, 1.807) is 0 Å². The minimum atomic E-state index is 1.12. The van der Waals surface area contributed by atoms with Crippen molar-refractivity contribution in [3.8, 4) is 44.5 Å². The summed E-state index contributed by atoms with van der Waals surface area (Å²) in [6.45, 7) is 2.20. The van der Waals surface area contributed by atoms with Gasteiger partial charge < -0.3 is 4.90 Å². The highest BCUT2D eigenvalue weighted by molar-refractivity contribution is 7.25. The van der Waals surface area contributed by atoms with Crippen molar-refractivity contribution in [1.29, 1.82) is 0 Å². The van der Waals surface area contributed by atoms with Gasteiger partial charge in [-0.25, -0.2) is 0 Å². The smallest absolute Gasteiger partial charge is 0.0540 e. The van der Waals surface area contributed by atoms with Gasteiger partial charge in [0.05, 0.1) is 17.1 Å². The lowest BCUT2D eigenvalue weighted by atomic mass is 9.90. The normalized spacial score (nSPS) is 11.4. The van der Waals surface area contributed by atoms with E-state index in [0.717, 1.165) is 17.1 Å². The SMILES string of the molecule is Cc1ccc(N(c2ccccc2-c2ccccc2)c2ccccc2-c2cccc3cccc(-c4ccccc4)c23)c(-c2cccc3sc4ccccc4c23)c1. The Kier molecular flexibility index (Phi) is 8.32. The quantitative estimate of drug-likeness (QED) is 0.159. The molecule has 9 aromatic carbocycles. The first kappa shape index (κ1) is 32.9. The van der Waals surface area contributed by atoms with Gasteiger partial charge in [0.2, 0.25) is 0 Å². The maximum Gasteiger partial charge on any atom is 0.0540 e. The minimum Gasteiger partial charge on any atom is -0.309 e. The molecule has 2 heteroatoms. The van der Waals surface area contributed by atoms with Gasteiger partial charge in [-0.3, -0.25) is 0 Å². The molecule has 10 rings (SSSR count). The topological polar surface area (TPSA) is 3.24 Å². The first-order valence-electron chi connectivity index (χ1n) is 18.9. The van der Waals surface area contributed by atoms with Crippen molar-refractivity contribution in [3.05, 3.63) is 212 Å². The van der Waals surface area contributed by atoms with E-state index in [2.05, 4.69) is 218 Å². The second-order valence-electron chi connectivity index (χ2n) is 14.1. The monoisotopic (exact) mass is 719 g/mol. The van der Waals surface area contributed by atoms with Gasteiger partial charge in [0.1, 0.15) is 0 Å². The van der Waals surface area contributed by atoms with Gasteiger partial charge in [-0.2, -0.15) is 0 Å². The molecule has 0 saturated heterocycles. The number of hydrogen-bond acceptors (Lipinski definition) is 2. The number of benzene rings is 9. The summed E-state index contributed by atoms with van der Waals surface area (Å²) < 4.78 is 2.60. The largest absolute Gasteiger partial charge is 0.309 e. The number of fused-ring (bicyclic) bond motifs is 4. The van der Waals surface area contributed by atoms with Crippen molar-refractivity contribution >= 4 is 59.3 Å². The summed E-state index contributed by atoms with van der Waals surface area (Å²) in [4.78, 5) is 2.52. The van der Waals surface area contributed by atoms with Crippen molar-refractivity contribution < 1.29 is 0 Å². The second-order valence-corrected chi connectivity index (χ2v) is 15.2. The molecular weight excluding hydrogens is 683 g/mol. The molecule has 0 N–H and O–H groups in total. The van der Waals surface area contributed by atoms with Crippen LogP contribution in [0.1, 0.15) is 5.56 Å². The van der Waals surface area contributed by atoms with Crippen LogP contribution < -0.4 is 4.90 Å². The van der Waals surface area contributed by atoms with Gasteiger partial charge in [-0.05, 0) is 81.9 Å². The Morgan fingerprint density at radius 3 is 1.60 bits per heavy atom. The van der Waals surface area contributed by atoms with E-state index >= 15 is 0 Å². The minimum absolute atomic E-state index is 1.12. The predicted molar refractivity (Wildman–Crippen MR) is 238 cm³/mol. The van der Waals surface area contributed by atoms with Crippen molar-refractivity contribution in [2.45, 2.75) is 6.92 Å². The van der Waals surface area contributed by atoms with Crippen LogP contribution in [0.2, 0.25) is 0 Å². The van der Waals surface area contributed by atoms with Crippen LogP contribution in [0.4, 0.5) is 17.1 Å². The average Bonchev–Trinajstić information content (AvgIpc) is 3.64. The van der Waals surface area contributed by atoms with Crippen molar-refractivity contribution in [2.24, 2.45) is 0 Å². The maximum atomic E-state index is 2.52. The van der Waals surface area contributed by atoms with E-state index < -0.39 is 0 Å². The van der Waals surface area contributed by atoms with Crippen LogP contribution in [0.3, 0.4) is 0 Å². The van der Waals surface area contributed by atoms with E-state index in [-0.39, 0.29) is 0 Å². The molecule has 0 aliphatic rings. The number of rotatable bonds is 7. The summed E-state index contributed by atoms with van der Waals surface area (Å²) in [5.41, 5.74) is 14.2. The highest BCUT2D eigenvalue weighted by Crippen LogP contribution is 2.51. The zero-order valence-electron chi connectivity index (χ0n) is 30.5. The van der Waals surface area contributed by atoms with Gasteiger partial charge in [-0.15, -0.1) is 11.3 Å². The van der Waals surface area contributed by atoms with Crippen LogP contribution in [0.5, 0.6) is 0 Å². The van der Waals surface area contributed by atoms with Crippen LogP contribution in [-0.2, 0) is 0 Å². The zero-order valence-corrected chi connectivity index (χ0v) is 31.3. The molecule has 0 bridgehead atoms. The van der Waals surface area contributed by atoms with E-state index in [4.69, 9.17) is 0 Å². The molecular formula is C53H37NS. The third-order valence-corrected chi connectivity index (χ3v) is 11.9. The summed E-state index contributed by atoms with van der Waals surface area (Å²) >= 11 is 1.87. The number of nitrogens with zero attached hydrogens (tertiary/aromatic N) is 1. The summed E-state index contributed by atoms with van der Waals surface area (Å²) in [5.74, 6) is 0. The Balaban J connectivity index is 1.30. The molecule has 1 heterocycles. The summed E-state index contributed by atoms with van der Waals surface area (Å²) in [7, 11) is 0. The maximum absolute atomic E-state index is 2.52. The van der Waals surface area contributed by atoms with Crippen LogP contribution in [0.25, 0.3) is 75.5 Å². The Labute approximate surface area is 326 Å². The third-order valence-electron chi connectivity index (χ3n) is 10.7. The molecule has 0 unspecified atom stereocenters. The van der Waals surface area contributed by atoms with Crippen molar-refractivity contribution in [1.82, 2.24) is 0 Å². The van der Waals surface area contributed by atoms with E-state index in [9.17, 15) is 0 Å². The fourth-order valence-corrected chi connectivity index (χ4v) is 9.43. The number of para-hydroxylation sites is 2. The lowest BCUT2D eigenvalue weighted by molar-refractivity contribution is 1.28. The Hall–Kier alpha value is -6.74. The standard InChI is InChI=1S/C53H37NS/c1-36-33-34-49(46(35-36)44-28-16-32-51-53(44)45-25-10-13-31-50(45)55-51)54(47-29-11-8-23-40(47)37-17-4-2-5-18-37)48-30-12-9-24-42(48)43-27-15-22-39-21-14-26-41(52(39)43)38-19-6-3-7-20-38/h2-35H,1H3. The molecule has 260 valence electrons. The van der Waals surface area contributed by atoms with E-state index in [1.807, 2.05) is 11.3 Å². The lowest BCUT2D eigenvalue weighted by Gasteiger charge is -2.32. The highest BCUT2D eigenvalue weighted by atomic mass is 32.1. The Morgan fingerprint density at radius 1 is 0.345 bits per heavy atom. The zero-order chi connectivity index (χ0) is 36.7. The first-order valence-corrected chi connectivity index (χ1v) is 19.7. The van der Waals surface area contributed by atoms with Gasteiger partial charge in [0.15, 0.2) is 0 Å². The third kappa shape index (κ3) is 5.79. The Morgan fingerprint density at radius 2 is 0.855 bits per heavy atom. The molecule has 0 amide bonds. The molecule has 0 atom stereocenters. The summed E-state index contributed by atoms with van der Waals surface area (Å²) in [5, 5.41) is 5.07. The van der Waals surface area contributed by atoms with Crippen LogP contribution in [0.15, 0.2) is 206 Å². The van der Waals surface area contributed by atoms with E-state index in [0.29, 0.717) is 0 Å². The average molecular weight is 720 g/mol. The van der Waals surface area contributed by atoms with Crippen molar-refractivity contribution in [3.63, 3.8) is 0 Å². The lowest BCUT2D eigenvalue weighted by Crippen LogP contribution is -2.14. The highest BCUT2D eigenvalue weighted by Gasteiger charge is 2.25. The number of anilines is 3. The Bertz CT molecular complexity index is 2990.